The zero-order valence-corrected chi connectivity index (χ0v) is 12.7. The van der Waals surface area contributed by atoms with Gasteiger partial charge in [0.25, 0.3) is 5.91 Å². The minimum absolute atomic E-state index is 0.0192. The molecule has 1 heterocycles. The van der Waals surface area contributed by atoms with Crippen LogP contribution in [-0.4, -0.2) is 24.0 Å². The minimum atomic E-state index is -0.123. The molecule has 0 spiro atoms. The molecule has 0 fully saturated rings. The first-order chi connectivity index (χ1) is 11.3. The lowest BCUT2D eigenvalue weighted by atomic mass is 10.1. The lowest BCUT2D eigenvalue weighted by molar-refractivity contribution is -0.123. The number of ether oxygens (including phenoxy) is 1. The molecule has 0 unspecified atom stereocenters. The number of pyridine rings is 1. The van der Waals surface area contributed by atoms with Crippen molar-refractivity contribution in [1.82, 2.24) is 10.3 Å². The highest BCUT2D eigenvalue weighted by molar-refractivity contribution is 5.84. The number of carbonyl (C=O) groups is 1. The van der Waals surface area contributed by atoms with Gasteiger partial charge < -0.3 is 10.1 Å². The van der Waals surface area contributed by atoms with E-state index >= 15 is 0 Å². The van der Waals surface area contributed by atoms with Crippen LogP contribution in [-0.2, 0) is 11.2 Å². The van der Waals surface area contributed by atoms with Gasteiger partial charge in [0, 0.05) is 18.9 Å². The van der Waals surface area contributed by atoms with Crippen LogP contribution in [0.1, 0.15) is 5.56 Å². The molecule has 0 radical (unpaired) electrons. The molecule has 1 amide bonds. The number of nitrogens with zero attached hydrogens (tertiary/aromatic N) is 1. The van der Waals surface area contributed by atoms with Crippen LogP contribution in [0, 0.1) is 0 Å². The first kappa shape index (κ1) is 15.0. The van der Waals surface area contributed by atoms with Gasteiger partial charge in [0.15, 0.2) is 6.61 Å². The van der Waals surface area contributed by atoms with Gasteiger partial charge in [-0.25, -0.2) is 0 Å². The van der Waals surface area contributed by atoms with E-state index in [2.05, 4.69) is 10.3 Å². The number of rotatable bonds is 6. The Morgan fingerprint density at radius 2 is 1.91 bits per heavy atom. The number of amides is 1. The second-order valence-electron chi connectivity index (χ2n) is 5.26. The molecule has 3 rings (SSSR count). The summed E-state index contributed by atoms with van der Waals surface area (Å²) in [6.07, 6.45) is 4.30. The number of hydrogen-bond donors (Lipinski definition) is 1. The molecule has 2 aromatic carbocycles. The molecule has 1 aromatic heterocycles. The molecule has 4 nitrogen and oxygen atoms in total. The molecule has 116 valence electrons. The van der Waals surface area contributed by atoms with Gasteiger partial charge in [0.05, 0.1) is 0 Å². The van der Waals surface area contributed by atoms with Crippen molar-refractivity contribution in [3.8, 4) is 5.75 Å². The number of fused-ring (bicyclic) bond motifs is 1. The second kappa shape index (κ2) is 7.40. The molecule has 0 aliphatic rings. The summed E-state index contributed by atoms with van der Waals surface area (Å²) in [5, 5.41) is 5.10. The van der Waals surface area contributed by atoms with Crippen molar-refractivity contribution in [2.75, 3.05) is 13.2 Å². The first-order valence-corrected chi connectivity index (χ1v) is 7.58. The molecular weight excluding hydrogens is 288 g/mol. The number of nitrogens with one attached hydrogen (secondary N) is 1. The third kappa shape index (κ3) is 4.30. The summed E-state index contributed by atoms with van der Waals surface area (Å²) in [5.41, 5.74) is 1.10. The number of aromatic nitrogens is 1. The first-order valence-electron chi connectivity index (χ1n) is 7.58. The number of hydrogen-bond acceptors (Lipinski definition) is 3. The predicted octanol–water partition coefficient (Wildman–Crippen LogP) is 2.97. The van der Waals surface area contributed by atoms with Crippen molar-refractivity contribution in [3.63, 3.8) is 0 Å². The van der Waals surface area contributed by atoms with Gasteiger partial charge in [-0.15, -0.1) is 0 Å². The van der Waals surface area contributed by atoms with Crippen molar-refractivity contribution >= 4 is 16.7 Å². The van der Waals surface area contributed by atoms with Gasteiger partial charge >= 0.3 is 0 Å². The molecule has 0 atom stereocenters. The summed E-state index contributed by atoms with van der Waals surface area (Å²) < 4.78 is 5.55. The van der Waals surface area contributed by atoms with Crippen molar-refractivity contribution < 1.29 is 9.53 Å². The van der Waals surface area contributed by atoms with Crippen LogP contribution in [0.4, 0.5) is 0 Å². The average Bonchev–Trinajstić information content (AvgIpc) is 2.61. The molecule has 4 heteroatoms. The van der Waals surface area contributed by atoms with Crippen LogP contribution in [0.15, 0.2) is 67.0 Å². The van der Waals surface area contributed by atoms with E-state index in [1.54, 1.807) is 12.4 Å². The fourth-order valence-corrected chi connectivity index (χ4v) is 2.35. The highest BCUT2D eigenvalue weighted by Crippen LogP contribution is 2.20. The smallest absolute Gasteiger partial charge is 0.257 e. The predicted molar refractivity (Wildman–Crippen MR) is 90.4 cm³/mol. The zero-order valence-electron chi connectivity index (χ0n) is 12.7. The Labute approximate surface area is 135 Å². The van der Waals surface area contributed by atoms with Crippen LogP contribution in [0.3, 0.4) is 0 Å². The molecule has 0 aliphatic heterocycles. The third-order valence-corrected chi connectivity index (χ3v) is 3.55. The maximum absolute atomic E-state index is 11.8. The number of carbonyl (C=O) groups excluding carboxylic acids is 1. The summed E-state index contributed by atoms with van der Waals surface area (Å²) in [4.78, 5) is 15.9. The topological polar surface area (TPSA) is 51.2 Å². The van der Waals surface area contributed by atoms with Crippen molar-refractivity contribution in [1.29, 1.82) is 0 Å². The van der Waals surface area contributed by atoms with E-state index in [4.69, 9.17) is 4.74 Å². The molecule has 0 saturated carbocycles. The molecule has 0 aliphatic carbocycles. The average molecular weight is 306 g/mol. The normalized spacial score (nSPS) is 10.4. The Balaban J connectivity index is 1.46. The Kier molecular flexibility index (Phi) is 4.84. The van der Waals surface area contributed by atoms with E-state index in [1.807, 2.05) is 54.6 Å². The van der Waals surface area contributed by atoms with Crippen molar-refractivity contribution in [2.45, 2.75) is 6.42 Å². The van der Waals surface area contributed by atoms with Gasteiger partial charge in [-0.3, -0.25) is 9.78 Å². The molecule has 3 aromatic rings. The monoisotopic (exact) mass is 306 g/mol. The van der Waals surface area contributed by atoms with Crippen LogP contribution >= 0.6 is 0 Å². The molecule has 23 heavy (non-hydrogen) atoms. The SMILES string of the molecule is O=C(COc1ccc2ccccc2c1)NCCc1cccnc1. The van der Waals surface area contributed by atoms with E-state index in [9.17, 15) is 4.79 Å². The molecule has 0 saturated heterocycles. The van der Waals surface area contributed by atoms with Gasteiger partial charge in [0.2, 0.25) is 0 Å². The van der Waals surface area contributed by atoms with Crippen molar-refractivity contribution in [2.24, 2.45) is 0 Å². The maximum Gasteiger partial charge on any atom is 0.257 e. The highest BCUT2D eigenvalue weighted by atomic mass is 16.5. The van der Waals surface area contributed by atoms with E-state index in [1.165, 1.54) is 0 Å². The van der Waals surface area contributed by atoms with Gasteiger partial charge in [0.1, 0.15) is 5.75 Å². The van der Waals surface area contributed by atoms with E-state index < -0.39 is 0 Å². The van der Waals surface area contributed by atoms with Crippen LogP contribution in [0.2, 0.25) is 0 Å². The maximum atomic E-state index is 11.8. The van der Waals surface area contributed by atoms with Gasteiger partial charge in [-0.05, 0) is 41.0 Å². The Bertz CT molecular complexity index is 787. The van der Waals surface area contributed by atoms with Crippen LogP contribution < -0.4 is 10.1 Å². The van der Waals surface area contributed by atoms with E-state index in [-0.39, 0.29) is 12.5 Å². The lowest BCUT2D eigenvalue weighted by Gasteiger charge is -2.08. The second-order valence-corrected chi connectivity index (χ2v) is 5.26. The zero-order chi connectivity index (χ0) is 15.9. The fraction of sp³-hybridized carbons (Fsp3) is 0.158. The Morgan fingerprint density at radius 1 is 1.04 bits per heavy atom. The van der Waals surface area contributed by atoms with E-state index in [0.29, 0.717) is 12.3 Å². The summed E-state index contributed by atoms with van der Waals surface area (Å²) in [6.45, 7) is 0.594. The third-order valence-electron chi connectivity index (χ3n) is 3.55. The largest absolute Gasteiger partial charge is 0.484 e. The molecule has 0 bridgehead atoms. The van der Waals surface area contributed by atoms with Gasteiger partial charge in [-0.2, -0.15) is 0 Å². The minimum Gasteiger partial charge on any atom is -0.484 e. The summed E-state index contributed by atoms with van der Waals surface area (Å²) in [7, 11) is 0. The summed E-state index contributed by atoms with van der Waals surface area (Å²) >= 11 is 0. The summed E-state index contributed by atoms with van der Waals surface area (Å²) in [6, 6.07) is 17.7. The lowest BCUT2D eigenvalue weighted by Crippen LogP contribution is -2.30. The van der Waals surface area contributed by atoms with Crippen molar-refractivity contribution in [3.05, 3.63) is 72.6 Å². The quantitative estimate of drug-likeness (QED) is 0.762. The fourth-order valence-electron chi connectivity index (χ4n) is 2.35. The Morgan fingerprint density at radius 3 is 2.74 bits per heavy atom. The standard InChI is InChI=1S/C19H18N2O2/c22-19(21-11-9-15-4-3-10-20-13-15)14-23-18-8-7-16-5-1-2-6-17(16)12-18/h1-8,10,12-13H,9,11,14H2,(H,21,22). The molecule has 1 N–H and O–H groups in total. The van der Waals surface area contributed by atoms with Crippen LogP contribution in [0.25, 0.3) is 10.8 Å². The Hall–Kier alpha value is -2.88. The highest BCUT2D eigenvalue weighted by Gasteiger charge is 2.03. The molecular formula is C19H18N2O2. The van der Waals surface area contributed by atoms with Crippen LogP contribution in [0.5, 0.6) is 5.75 Å². The summed E-state index contributed by atoms with van der Waals surface area (Å²) in [5.74, 6) is 0.577. The van der Waals surface area contributed by atoms with E-state index in [0.717, 1.165) is 22.8 Å². The van der Waals surface area contributed by atoms with Gasteiger partial charge in [-0.1, -0.05) is 36.4 Å². The number of benzene rings is 2.